The van der Waals surface area contributed by atoms with Crippen molar-refractivity contribution in [1.29, 1.82) is 0 Å². The summed E-state index contributed by atoms with van der Waals surface area (Å²) in [6, 6.07) is 10.3. The highest BCUT2D eigenvalue weighted by Gasteiger charge is 2.44. The van der Waals surface area contributed by atoms with E-state index in [1.54, 1.807) is 0 Å². The Morgan fingerprint density at radius 2 is 1.82 bits per heavy atom. The molecule has 1 aromatic heterocycles. The zero-order valence-corrected chi connectivity index (χ0v) is 13.3. The lowest BCUT2D eigenvalue weighted by Crippen LogP contribution is -2.28. The van der Waals surface area contributed by atoms with Crippen LogP contribution in [0.4, 0.5) is 0 Å². The van der Waals surface area contributed by atoms with E-state index in [1.165, 1.54) is 0 Å². The topological polar surface area (TPSA) is 36.3 Å². The molecule has 1 aliphatic heterocycles. The maximum atomic E-state index is 6.24. The van der Waals surface area contributed by atoms with Crippen LogP contribution in [0, 0.1) is 0 Å². The zero-order valence-electron chi connectivity index (χ0n) is 13.3. The fourth-order valence-electron chi connectivity index (χ4n) is 2.98. The van der Waals surface area contributed by atoms with Crippen LogP contribution in [0.25, 0.3) is 0 Å². The van der Waals surface area contributed by atoms with E-state index in [0.29, 0.717) is 0 Å². The summed E-state index contributed by atoms with van der Waals surface area (Å²) in [5, 5.41) is 0. The normalized spacial score (nSPS) is 28.1. The number of benzene rings is 1. The van der Waals surface area contributed by atoms with E-state index in [1.807, 2.05) is 36.9 Å². The molecule has 118 valence electrons. The van der Waals surface area contributed by atoms with Gasteiger partial charge >= 0.3 is 0 Å². The van der Waals surface area contributed by atoms with Crippen molar-refractivity contribution in [2.24, 2.45) is 0 Å². The lowest BCUT2D eigenvalue weighted by Gasteiger charge is -2.29. The van der Waals surface area contributed by atoms with E-state index >= 15 is 0 Å². The summed E-state index contributed by atoms with van der Waals surface area (Å²) < 4.78 is 14.6. The second-order valence-corrected chi connectivity index (χ2v) is 6.02. The molecule has 1 aliphatic rings. The van der Waals surface area contributed by atoms with Crippen molar-refractivity contribution in [3.8, 4) is 0 Å². The van der Waals surface area contributed by atoms with Crippen LogP contribution in [-0.4, -0.2) is 21.8 Å². The molecule has 0 aliphatic carbocycles. The quantitative estimate of drug-likeness (QED) is 0.763. The van der Waals surface area contributed by atoms with E-state index in [9.17, 15) is 0 Å². The highest BCUT2D eigenvalue weighted by atomic mass is 16.8. The van der Waals surface area contributed by atoms with Crippen LogP contribution < -0.4 is 0 Å². The van der Waals surface area contributed by atoms with E-state index < -0.39 is 5.79 Å². The molecule has 22 heavy (non-hydrogen) atoms. The summed E-state index contributed by atoms with van der Waals surface area (Å²) in [7, 11) is 0. The van der Waals surface area contributed by atoms with Crippen LogP contribution in [0.3, 0.4) is 0 Å². The molecule has 0 amide bonds. The first-order valence-electron chi connectivity index (χ1n) is 8.06. The van der Waals surface area contributed by atoms with Gasteiger partial charge in [-0.15, -0.1) is 0 Å². The largest absolute Gasteiger partial charge is 0.340 e. The van der Waals surface area contributed by atoms with Gasteiger partial charge < -0.3 is 14.0 Å². The van der Waals surface area contributed by atoms with Gasteiger partial charge in [-0.25, -0.2) is 4.98 Å². The van der Waals surface area contributed by atoms with Gasteiger partial charge in [-0.3, -0.25) is 0 Å². The summed E-state index contributed by atoms with van der Waals surface area (Å²) >= 11 is 0. The highest BCUT2D eigenvalue weighted by molar-refractivity contribution is 5.21. The Labute approximate surface area is 132 Å². The summed E-state index contributed by atoms with van der Waals surface area (Å²) in [6.45, 7) is 5.15. The monoisotopic (exact) mass is 300 g/mol. The lowest BCUT2D eigenvalue weighted by atomic mass is 9.99. The Bertz CT molecular complexity index is 558. The van der Waals surface area contributed by atoms with Gasteiger partial charge in [0.05, 0.1) is 18.5 Å². The Kier molecular flexibility index (Phi) is 4.60. The SMILES string of the molecule is CC1OC(CCCCn2ccnc2)(c2ccccc2)OC1C. The number of unbranched alkanes of at least 4 members (excludes halogenated alkanes) is 1. The number of aryl methyl sites for hydroxylation is 1. The number of ether oxygens (including phenoxy) is 2. The van der Waals surface area contributed by atoms with Crippen LogP contribution in [-0.2, 0) is 21.8 Å². The molecule has 2 heterocycles. The van der Waals surface area contributed by atoms with Crippen LogP contribution in [0.1, 0.15) is 38.7 Å². The summed E-state index contributed by atoms with van der Waals surface area (Å²) in [6.07, 6.45) is 8.92. The van der Waals surface area contributed by atoms with Gasteiger partial charge in [-0.05, 0) is 26.7 Å². The van der Waals surface area contributed by atoms with Crippen molar-refractivity contribution >= 4 is 0 Å². The van der Waals surface area contributed by atoms with Crippen LogP contribution >= 0.6 is 0 Å². The number of hydrogen-bond acceptors (Lipinski definition) is 3. The summed E-state index contributed by atoms with van der Waals surface area (Å²) in [5.41, 5.74) is 1.12. The number of nitrogens with zero attached hydrogens (tertiary/aromatic N) is 2. The first kappa shape index (κ1) is 15.3. The maximum Gasteiger partial charge on any atom is 0.195 e. The van der Waals surface area contributed by atoms with Gasteiger partial charge in [0.15, 0.2) is 5.79 Å². The molecule has 3 rings (SSSR count). The standard InChI is InChI=1S/C18H24N2O2/c1-15-16(2)22-18(21-15,17-8-4-3-5-9-17)10-6-7-12-20-13-11-19-14-20/h3-5,8-9,11,13-16H,6-7,10,12H2,1-2H3. The molecule has 0 radical (unpaired) electrons. The minimum Gasteiger partial charge on any atom is -0.340 e. The van der Waals surface area contributed by atoms with E-state index in [4.69, 9.17) is 9.47 Å². The molecule has 1 aromatic carbocycles. The van der Waals surface area contributed by atoms with Crippen molar-refractivity contribution in [2.45, 2.75) is 57.6 Å². The predicted octanol–water partition coefficient (Wildman–Crippen LogP) is 3.73. The summed E-state index contributed by atoms with van der Waals surface area (Å²) in [5.74, 6) is -0.588. The molecular formula is C18H24N2O2. The van der Waals surface area contributed by atoms with Crippen molar-refractivity contribution in [3.05, 3.63) is 54.6 Å². The molecule has 4 heteroatoms. The Morgan fingerprint density at radius 3 is 2.45 bits per heavy atom. The van der Waals surface area contributed by atoms with Crippen molar-refractivity contribution < 1.29 is 9.47 Å². The van der Waals surface area contributed by atoms with Crippen molar-refractivity contribution in [2.75, 3.05) is 0 Å². The third-order valence-electron chi connectivity index (χ3n) is 4.36. The van der Waals surface area contributed by atoms with Gasteiger partial charge in [0, 0.05) is 30.9 Å². The number of aromatic nitrogens is 2. The number of hydrogen-bond donors (Lipinski definition) is 0. The average molecular weight is 300 g/mol. The maximum absolute atomic E-state index is 6.24. The Morgan fingerprint density at radius 1 is 1.09 bits per heavy atom. The molecule has 2 unspecified atom stereocenters. The van der Waals surface area contributed by atoms with Crippen LogP contribution in [0.2, 0.25) is 0 Å². The summed E-state index contributed by atoms with van der Waals surface area (Å²) in [4.78, 5) is 4.07. The predicted molar refractivity (Wildman–Crippen MR) is 85.3 cm³/mol. The van der Waals surface area contributed by atoms with Gasteiger partial charge in [0.25, 0.3) is 0 Å². The third kappa shape index (κ3) is 3.23. The fraction of sp³-hybridized carbons (Fsp3) is 0.500. The third-order valence-corrected chi connectivity index (χ3v) is 4.36. The van der Waals surface area contributed by atoms with Crippen molar-refractivity contribution in [1.82, 2.24) is 9.55 Å². The van der Waals surface area contributed by atoms with Crippen molar-refractivity contribution in [3.63, 3.8) is 0 Å². The first-order chi connectivity index (χ1) is 10.7. The molecular weight excluding hydrogens is 276 g/mol. The Balaban J connectivity index is 1.65. The minimum atomic E-state index is -0.588. The zero-order chi connectivity index (χ0) is 15.4. The van der Waals surface area contributed by atoms with Crippen LogP contribution in [0.15, 0.2) is 49.1 Å². The smallest absolute Gasteiger partial charge is 0.195 e. The molecule has 1 fully saturated rings. The highest BCUT2D eigenvalue weighted by Crippen LogP contribution is 2.41. The molecule has 2 aromatic rings. The first-order valence-corrected chi connectivity index (χ1v) is 8.06. The molecule has 4 nitrogen and oxygen atoms in total. The second kappa shape index (κ2) is 6.63. The van der Waals surface area contributed by atoms with Gasteiger partial charge in [-0.2, -0.15) is 0 Å². The lowest BCUT2D eigenvalue weighted by molar-refractivity contribution is -0.187. The van der Waals surface area contributed by atoms with E-state index in [0.717, 1.165) is 31.4 Å². The molecule has 1 saturated heterocycles. The number of imidazole rings is 1. The van der Waals surface area contributed by atoms with Crippen LogP contribution in [0.5, 0.6) is 0 Å². The van der Waals surface area contributed by atoms with E-state index in [2.05, 4.69) is 35.5 Å². The van der Waals surface area contributed by atoms with E-state index in [-0.39, 0.29) is 12.2 Å². The second-order valence-electron chi connectivity index (χ2n) is 6.02. The van der Waals surface area contributed by atoms with Gasteiger partial charge in [0.2, 0.25) is 0 Å². The van der Waals surface area contributed by atoms with Gasteiger partial charge in [0.1, 0.15) is 0 Å². The van der Waals surface area contributed by atoms with Gasteiger partial charge in [-0.1, -0.05) is 30.3 Å². The molecule has 0 spiro atoms. The molecule has 2 atom stereocenters. The fourth-order valence-corrected chi connectivity index (χ4v) is 2.98. The molecule has 0 N–H and O–H groups in total. The Hall–Kier alpha value is -1.65. The minimum absolute atomic E-state index is 0.119. The number of rotatable bonds is 6. The average Bonchev–Trinajstić information content (AvgIpc) is 3.14. The molecule has 0 bridgehead atoms. The molecule has 0 saturated carbocycles.